The van der Waals surface area contributed by atoms with Gasteiger partial charge in [-0.2, -0.15) is 0 Å². The molecule has 104 valence electrons. The van der Waals surface area contributed by atoms with Gasteiger partial charge < -0.3 is 4.74 Å². The van der Waals surface area contributed by atoms with E-state index >= 15 is 0 Å². The first-order chi connectivity index (χ1) is 8.66. The summed E-state index contributed by atoms with van der Waals surface area (Å²) < 4.78 is 5.71. The topological polar surface area (TPSA) is 50.5 Å². The van der Waals surface area contributed by atoms with Crippen LogP contribution in [-0.2, 0) is 4.74 Å². The predicted octanol–water partition coefficient (Wildman–Crippen LogP) is 1.78. The second-order valence-electron chi connectivity index (χ2n) is 5.90. The maximum Gasteiger partial charge on any atom is 0.112 e. The van der Waals surface area contributed by atoms with Crippen LogP contribution >= 0.6 is 0 Å². The van der Waals surface area contributed by atoms with Crippen LogP contribution in [0.25, 0.3) is 0 Å². The van der Waals surface area contributed by atoms with Gasteiger partial charge in [-0.15, -0.1) is 0 Å². The van der Waals surface area contributed by atoms with Crippen molar-refractivity contribution in [3.05, 3.63) is 11.8 Å². The molecule has 0 spiro atoms. The van der Waals surface area contributed by atoms with Crippen molar-refractivity contribution in [2.45, 2.75) is 57.5 Å². The fraction of sp³-hybridized carbons (Fsp3) is 0.857. The van der Waals surface area contributed by atoms with E-state index in [1.54, 1.807) is 0 Å². The van der Waals surface area contributed by atoms with E-state index in [0.29, 0.717) is 0 Å². The molecule has 1 fully saturated rings. The minimum Gasteiger partial charge on any atom is -0.496 e. The first-order valence-corrected chi connectivity index (χ1v) is 7.20. The van der Waals surface area contributed by atoms with Gasteiger partial charge in [0.15, 0.2) is 0 Å². The molecule has 0 radical (unpaired) electrons. The van der Waals surface area contributed by atoms with E-state index in [0.717, 1.165) is 18.8 Å². The Bertz CT molecular complexity index is 293. The average Bonchev–Trinajstić information content (AvgIpc) is 2.70. The Morgan fingerprint density at radius 1 is 1.28 bits per heavy atom. The first kappa shape index (κ1) is 13.8. The molecule has 18 heavy (non-hydrogen) atoms. The molecule has 0 amide bonds. The third-order valence-electron chi connectivity index (χ3n) is 4.31. The SMILES string of the molecule is CC(C)(C(NN)C1=CCCO1)N1CCCCCC1. The van der Waals surface area contributed by atoms with Crippen LogP contribution in [0.15, 0.2) is 11.8 Å². The third-order valence-corrected chi connectivity index (χ3v) is 4.31. The largest absolute Gasteiger partial charge is 0.496 e. The maximum atomic E-state index is 5.79. The number of nitrogens with two attached hydrogens (primary N) is 1. The van der Waals surface area contributed by atoms with E-state index < -0.39 is 0 Å². The molecule has 4 nitrogen and oxygen atoms in total. The Labute approximate surface area is 111 Å². The standard InChI is InChI=1S/C14H27N3O/c1-14(2,17-9-5-3-4-6-10-17)13(16-15)12-8-7-11-18-12/h8,13,16H,3-7,9-11,15H2,1-2H3. The van der Waals surface area contributed by atoms with Gasteiger partial charge in [0, 0.05) is 12.0 Å². The molecule has 0 aliphatic carbocycles. The summed E-state index contributed by atoms with van der Waals surface area (Å²) >= 11 is 0. The van der Waals surface area contributed by atoms with Gasteiger partial charge in [0.25, 0.3) is 0 Å². The van der Waals surface area contributed by atoms with Crippen LogP contribution in [0.3, 0.4) is 0 Å². The zero-order chi connectivity index (χ0) is 13.0. The molecule has 0 saturated carbocycles. The van der Waals surface area contributed by atoms with Gasteiger partial charge in [-0.3, -0.25) is 10.7 Å². The summed E-state index contributed by atoms with van der Waals surface area (Å²) in [6, 6.07) is 0.0816. The summed E-state index contributed by atoms with van der Waals surface area (Å²) in [5, 5.41) is 0. The van der Waals surface area contributed by atoms with Gasteiger partial charge in [0.2, 0.25) is 0 Å². The number of nitrogens with zero attached hydrogens (tertiary/aromatic N) is 1. The van der Waals surface area contributed by atoms with E-state index in [9.17, 15) is 0 Å². The van der Waals surface area contributed by atoms with E-state index in [2.05, 4.69) is 30.2 Å². The van der Waals surface area contributed by atoms with E-state index in [1.807, 2.05) is 0 Å². The lowest BCUT2D eigenvalue weighted by Crippen LogP contribution is -2.60. The lowest BCUT2D eigenvalue weighted by atomic mass is 9.90. The monoisotopic (exact) mass is 253 g/mol. The predicted molar refractivity (Wildman–Crippen MR) is 73.9 cm³/mol. The molecule has 0 aromatic heterocycles. The number of hydrogen-bond acceptors (Lipinski definition) is 4. The molecule has 2 aliphatic heterocycles. The Balaban J connectivity index is 2.10. The van der Waals surface area contributed by atoms with Gasteiger partial charge in [-0.25, -0.2) is 5.43 Å². The maximum absolute atomic E-state index is 5.79. The van der Waals surface area contributed by atoms with Crippen molar-refractivity contribution in [1.82, 2.24) is 10.3 Å². The molecule has 2 rings (SSSR count). The van der Waals surface area contributed by atoms with Crippen LogP contribution < -0.4 is 11.3 Å². The lowest BCUT2D eigenvalue weighted by molar-refractivity contribution is 0.0702. The van der Waals surface area contributed by atoms with Gasteiger partial charge in [0.05, 0.1) is 12.6 Å². The molecular weight excluding hydrogens is 226 g/mol. The number of ether oxygens (including phenoxy) is 1. The highest BCUT2D eigenvalue weighted by atomic mass is 16.5. The van der Waals surface area contributed by atoms with Crippen molar-refractivity contribution in [1.29, 1.82) is 0 Å². The van der Waals surface area contributed by atoms with Gasteiger partial charge >= 0.3 is 0 Å². The normalized spacial score (nSPS) is 24.3. The highest BCUT2D eigenvalue weighted by Gasteiger charge is 2.38. The second kappa shape index (κ2) is 6.04. The molecule has 0 aromatic carbocycles. The van der Waals surface area contributed by atoms with Crippen molar-refractivity contribution in [3.63, 3.8) is 0 Å². The van der Waals surface area contributed by atoms with Gasteiger partial charge in [0.1, 0.15) is 5.76 Å². The zero-order valence-electron chi connectivity index (χ0n) is 11.7. The van der Waals surface area contributed by atoms with E-state index in [-0.39, 0.29) is 11.6 Å². The van der Waals surface area contributed by atoms with E-state index in [1.165, 1.54) is 38.8 Å². The Morgan fingerprint density at radius 2 is 1.94 bits per heavy atom. The lowest BCUT2D eigenvalue weighted by Gasteiger charge is -2.43. The number of hydrazine groups is 1. The number of hydrogen-bond donors (Lipinski definition) is 2. The molecule has 3 N–H and O–H groups in total. The van der Waals surface area contributed by atoms with Crippen LogP contribution in [0.2, 0.25) is 0 Å². The Hall–Kier alpha value is -0.580. The minimum atomic E-state index is -0.00470. The molecule has 1 atom stereocenters. The van der Waals surface area contributed by atoms with Crippen molar-refractivity contribution in [2.24, 2.45) is 5.84 Å². The summed E-state index contributed by atoms with van der Waals surface area (Å²) in [6.45, 7) is 7.66. The second-order valence-corrected chi connectivity index (χ2v) is 5.90. The average molecular weight is 253 g/mol. The molecule has 4 heteroatoms. The van der Waals surface area contributed by atoms with Crippen LogP contribution in [-0.4, -0.2) is 36.2 Å². The fourth-order valence-corrected chi connectivity index (χ4v) is 3.10. The summed E-state index contributed by atoms with van der Waals surface area (Å²) in [5.74, 6) is 6.81. The Kier molecular flexibility index (Phi) is 4.65. The highest BCUT2D eigenvalue weighted by Crippen LogP contribution is 2.29. The van der Waals surface area contributed by atoms with Crippen LogP contribution in [0.4, 0.5) is 0 Å². The fourth-order valence-electron chi connectivity index (χ4n) is 3.10. The third kappa shape index (κ3) is 2.87. The van der Waals surface area contributed by atoms with Crippen LogP contribution in [0, 0.1) is 0 Å². The van der Waals surface area contributed by atoms with Crippen LogP contribution in [0.1, 0.15) is 46.0 Å². The molecular formula is C14H27N3O. The molecule has 0 bridgehead atoms. The van der Waals surface area contributed by atoms with Crippen molar-refractivity contribution in [3.8, 4) is 0 Å². The van der Waals surface area contributed by atoms with Gasteiger partial charge in [-0.05, 0) is 45.9 Å². The van der Waals surface area contributed by atoms with Crippen LogP contribution in [0.5, 0.6) is 0 Å². The Morgan fingerprint density at radius 3 is 2.44 bits per heavy atom. The summed E-state index contributed by atoms with van der Waals surface area (Å²) in [4.78, 5) is 2.56. The highest BCUT2D eigenvalue weighted by molar-refractivity contribution is 5.14. The molecule has 0 aromatic rings. The number of nitrogens with one attached hydrogen (secondary N) is 1. The zero-order valence-corrected chi connectivity index (χ0v) is 11.7. The molecule has 2 heterocycles. The van der Waals surface area contributed by atoms with Crippen molar-refractivity contribution in [2.75, 3.05) is 19.7 Å². The molecule has 1 saturated heterocycles. The molecule has 2 aliphatic rings. The molecule has 1 unspecified atom stereocenters. The first-order valence-electron chi connectivity index (χ1n) is 7.20. The quantitative estimate of drug-likeness (QED) is 0.592. The van der Waals surface area contributed by atoms with Crippen molar-refractivity contribution >= 4 is 0 Å². The summed E-state index contributed by atoms with van der Waals surface area (Å²) in [6.07, 6.45) is 8.47. The number of rotatable bonds is 4. The summed E-state index contributed by atoms with van der Waals surface area (Å²) in [5.41, 5.74) is 2.96. The van der Waals surface area contributed by atoms with Crippen molar-refractivity contribution < 1.29 is 4.74 Å². The minimum absolute atomic E-state index is 0.00470. The smallest absolute Gasteiger partial charge is 0.112 e. The van der Waals surface area contributed by atoms with Gasteiger partial charge in [-0.1, -0.05) is 12.8 Å². The van der Waals surface area contributed by atoms with E-state index in [4.69, 9.17) is 10.6 Å². The summed E-state index contributed by atoms with van der Waals surface area (Å²) in [7, 11) is 0. The number of likely N-dealkylation sites (tertiary alicyclic amines) is 1.